The van der Waals surface area contributed by atoms with Gasteiger partial charge in [-0.2, -0.15) is 5.10 Å². The monoisotopic (exact) mass is 321 g/mol. The van der Waals surface area contributed by atoms with Gasteiger partial charge in [0.15, 0.2) is 17.7 Å². The SMILES string of the molecule is Cc1cc(C)c2c(c1)-c1cc(C)nn1C(c1cccc(O)c1O)N2. The number of fused-ring (bicyclic) bond motifs is 3. The van der Waals surface area contributed by atoms with E-state index in [1.807, 2.05) is 17.7 Å². The highest BCUT2D eigenvalue weighted by atomic mass is 16.3. The third-order valence-corrected chi connectivity index (χ3v) is 4.48. The van der Waals surface area contributed by atoms with Crippen molar-refractivity contribution in [3.05, 3.63) is 58.8 Å². The molecule has 0 spiro atoms. The summed E-state index contributed by atoms with van der Waals surface area (Å²) >= 11 is 0. The zero-order valence-electron chi connectivity index (χ0n) is 13.8. The molecule has 3 aromatic rings. The fraction of sp³-hybridized carbons (Fsp3) is 0.211. The van der Waals surface area contributed by atoms with Crippen molar-refractivity contribution >= 4 is 5.69 Å². The number of phenols is 2. The number of hydrogen-bond acceptors (Lipinski definition) is 4. The first-order chi connectivity index (χ1) is 11.5. The molecule has 1 aliphatic rings. The number of phenolic OH excluding ortho intramolecular Hbond substituents is 2. The molecule has 24 heavy (non-hydrogen) atoms. The van der Waals surface area contributed by atoms with E-state index in [9.17, 15) is 10.2 Å². The molecule has 1 aromatic heterocycles. The minimum atomic E-state index is -0.380. The number of anilines is 1. The normalized spacial score (nSPS) is 15.5. The van der Waals surface area contributed by atoms with E-state index in [1.165, 1.54) is 11.6 Å². The van der Waals surface area contributed by atoms with Crippen LogP contribution in [0.3, 0.4) is 0 Å². The van der Waals surface area contributed by atoms with Crippen LogP contribution < -0.4 is 5.32 Å². The summed E-state index contributed by atoms with van der Waals surface area (Å²) in [6.07, 6.45) is -0.380. The van der Waals surface area contributed by atoms with Crippen LogP contribution >= 0.6 is 0 Å². The smallest absolute Gasteiger partial charge is 0.164 e. The number of hydrogen-bond donors (Lipinski definition) is 3. The largest absolute Gasteiger partial charge is 0.504 e. The maximum atomic E-state index is 10.3. The summed E-state index contributed by atoms with van der Waals surface area (Å²) in [5.74, 6) is -0.256. The second kappa shape index (κ2) is 5.03. The van der Waals surface area contributed by atoms with Crippen LogP contribution in [0.2, 0.25) is 0 Å². The summed E-state index contributed by atoms with van der Waals surface area (Å²) in [5.41, 5.74) is 6.95. The van der Waals surface area contributed by atoms with Gasteiger partial charge in [0.25, 0.3) is 0 Å². The topological polar surface area (TPSA) is 70.3 Å². The zero-order valence-corrected chi connectivity index (χ0v) is 13.8. The fourth-order valence-corrected chi connectivity index (χ4v) is 3.45. The van der Waals surface area contributed by atoms with Crippen molar-refractivity contribution in [1.82, 2.24) is 9.78 Å². The number of nitrogens with zero attached hydrogens (tertiary/aromatic N) is 2. The van der Waals surface area contributed by atoms with Crippen molar-refractivity contribution in [2.75, 3.05) is 5.32 Å². The molecule has 0 radical (unpaired) electrons. The molecule has 5 heteroatoms. The van der Waals surface area contributed by atoms with Gasteiger partial charge in [-0.1, -0.05) is 23.8 Å². The summed E-state index contributed by atoms with van der Waals surface area (Å²) in [6.45, 7) is 6.10. The van der Waals surface area contributed by atoms with E-state index in [-0.39, 0.29) is 17.7 Å². The Labute approximate surface area is 140 Å². The Kier molecular flexibility index (Phi) is 3.06. The van der Waals surface area contributed by atoms with Gasteiger partial charge in [-0.05, 0) is 44.5 Å². The summed E-state index contributed by atoms with van der Waals surface area (Å²) in [7, 11) is 0. The molecule has 0 saturated heterocycles. The Morgan fingerprint density at radius 2 is 1.88 bits per heavy atom. The molecule has 4 rings (SSSR count). The highest BCUT2D eigenvalue weighted by Gasteiger charge is 2.29. The summed E-state index contributed by atoms with van der Waals surface area (Å²) in [6, 6.07) is 11.3. The van der Waals surface area contributed by atoms with Crippen molar-refractivity contribution in [3.8, 4) is 22.8 Å². The highest BCUT2D eigenvalue weighted by Crippen LogP contribution is 2.43. The van der Waals surface area contributed by atoms with Gasteiger partial charge in [0.05, 0.1) is 11.4 Å². The first kappa shape index (κ1) is 14.6. The van der Waals surface area contributed by atoms with Crippen molar-refractivity contribution < 1.29 is 10.2 Å². The standard InChI is InChI=1S/C19H19N3O2/c1-10-7-11(2)17-14(8-10)15-9-12(3)21-22(15)19(20-17)13-5-4-6-16(23)18(13)24/h4-9,19-20,23-24H,1-3H3. The Morgan fingerprint density at radius 3 is 2.67 bits per heavy atom. The quantitative estimate of drug-likeness (QED) is 0.595. The summed E-state index contributed by atoms with van der Waals surface area (Å²) < 4.78 is 1.87. The molecule has 0 amide bonds. The number of aryl methyl sites for hydroxylation is 3. The molecule has 1 atom stereocenters. The minimum absolute atomic E-state index is 0.123. The second-order valence-corrected chi connectivity index (χ2v) is 6.38. The van der Waals surface area contributed by atoms with E-state index >= 15 is 0 Å². The molecule has 122 valence electrons. The van der Waals surface area contributed by atoms with Crippen molar-refractivity contribution in [2.24, 2.45) is 0 Å². The molecule has 5 nitrogen and oxygen atoms in total. The lowest BCUT2D eigenvalue weighted by molar-refractivity contribution is 0.392. The number of aromatic nitrogens is 2. The first-order valence-corrected chi connectivity index (χ1v) is 7.91. The Bertz CT molecular complexity index is 959. The predicted octanol–water partition coefficient (Wildman–Crippen LogP) is 3.86. The van der Waals surface area contributed by atoms with E-state index in [2.05, 4.69) is 36.4 Å². The molecule has 1 unspecified atom stereocenters. The van der Waals surface area contributed by atoms with E-state index in [0.717, 1.165) is 28.2 Å². The van der Waals surface area contributed by atoms with Gasteiger partial charge < -0.3 is 15.5 Å². The van der Waals surface area contributed by atoms with Gasteiger partial charge in [0.1, 0.15) is 0 Å². The molecule has 2 aromatic carbocycles. The fourth-order valence-electron chi connectivity index (χ4n) is 3.45. The molecule has 3 N–H and O–H groups in total. The molecule has 0 fully saturated rings. The van der Waals surface area contributed by atoms with Crippen LogP contribution in [0.25, 0.3) is 11.3 Å². The first-order valence-electron chi connectivity index (χ1n) is 7.91. The van der Waals surface area contributed by atoms with Crippen molar-refractivity contribution in [1.29, 1.82) is 0 Å². The Hall–Kier alpha value is -2.95. The number of benzene rings is 2. The van der Waals surface area contributed by atoms with Gasteiger partial charge in [-0.25, -0.2) is 4.68 Å². The van der Waals surface area contributed by atoms with Gasteiger partial charge >= 0.3 is 0 Å². The maximum absolute atomic E-state index is 10.3. The molecule has 0 aliphatic carbocycles. The lowest BCUT2D eigenvalue weighted by Crippen LogP contribution is -2.26. The Balaban J connectivity index is 1.98. The second-order valence-electron chi connectivity index (χ2n) is 6.38. The van der Waals surface area contributed by atoms with Crippen LogP contribution in [0.4, 0.5) is 5.69 Å². The molecule has 2 heterocycles. The number of nitrogens with one attached hydrogen (secondary N) is 1. The maximum Gasteiger partial charge on any atom is 0.164 e. The summed E-state index contributed by atoms with van der Waals surface area (Å²) in [5, 5.41) is 28.3. The molecule has 0 bridgehead atoms. The van der Waals surface area contributed by atoms with Gasteiger partial charge in [0.2, 0.25) is 0 Å². The van der Waals surface area contributed by atoms with Crippen LogP contribution in [0.15, 0.2) is 36.4 Å². The Morgan fingerprint density at radius 1 is 1.08 bits per heavy atom. The van der Waals surface area contributed by atoms with Crippen molar-refractivity contribution in [2.45, 2.75) is 26.9 Å². The third-order valence-electron chi connectivity index (χ3n) is 4.48. The van der Waals surface area contributed by atoms with E-state index in [1.54, 1.807) is 12.1 Å². The zero-order chi connectivity index (χ0) is 17.0. The molecular formula is C19H19N3O2. The average molecular weight is 321 g/mol. The number of aromatic hydroxyl groups is 2. The van der Waals surface area contributed by atoms with Gasteiger partial charge in [0, 0.05) is 16.8 Å². The highest BCUT2D eigenvalue weighted by molar-refractivity contribution is 5.82. The predicted molar refractivity (Wildman–Crippen MR) is 93.4 cm³/mol. The van der Waals surface area contributed by atoms with Crippen LogP contribution in [-0.2, 0) is 0 Å². The van der Waals surface area contributed by atoms with Crippen LogP contribution in [0.5, 0.6) is 11.5 Å². The minimum Gasteiger partial charge on any atom is -0.504 e. The lowest BCUT2D eigenvalue weighted by atomic mass is 9.98. The number of para-hydroxylation sites is 1. The van der Waals surface area contributed by atoms with Crippen LogP contribution in [0.1, 0.15) is 28.6 Å². The van der Waals surface area contributed by atoms with E-state index in [4.69, 9.17) is 0 Å². The van der Waals surface area contributed by atoms with Gasteiger partial charge in [-0.3, -0.25) is 0 Å². The lowest BCUT2D eigenvalue weighted by Gasteiger charge is -2.31. The van der Waals surface area contributed by atoms with Crippen molar-refractivity contribution in [3.63, 3.8) is 0 Å². The van der Waals surface area contributed by atoms with E-state index < -0.39 is 0 Å². The molecule has 0 saturated carbocycles. The third kappa shape index (κ3) is 2.05. The van der Waals surface area contributed by atoms with Gasteiger partial charge in [-0.15, -0.1) is 0 Å². The van der Waals surface area contributed by atoms with Crippen LogP contribution in [-0.4, -0.2) is 20.0 Å². The average Bonchev–Trinajstić information content (AvgIpc) is 2.92. The molecule has 1 aliphatic heterocycles. The number of rotatable bonds is 1. The van der Waals surface area contributed by atoms with E-state index in [0.29, 0.717) is 5.56 Å². The van der Waals surface area contributed by atoms with Crippen LogP contribution in [0, 0.1) is 20.8 Å². The molecular weight excluding hydrogens is 302 g/mol. The summed E-state index contributed by atoms with van der Waals surface area (Å²) in [4.78, 5) is 0.